The third kappa shape index (κ3) is 1.80. The van der Waals surface area contributed by atoms with Gasteiger partial charge in [-0.25, -0.2) is 4.68 Å². The highest BCUT2D eigenvalue weighted by molar-refractivity contribution is 6.30. The highest BCUT2D eigenvalue weighted by Crippen LogP contribution is 2.28. The molecule has 0 fully saturated rings. The minimum Gasteiger partial charge on any atom is -0.329 e. The summed E-state index contributed by atoms with van der Waals surface area (Å²) in [4.78, 5) is 4.17. The van der Waals surface area contributed by atoms with Crippen molar-refractivity contribution in [2.75, 3.05) is 5.32 Å². The number of aromatic nitrogens is 3. The molecule has 0 saturated heterocycles. The van der Waals surface area contributed by atoms with E-state index in [1.165, 1.54) is 0 Å². The van der Waals surface area contributed by atoms with Crippen molar-refractivity contribution in [2.24, 2.45) is 0 Å². The second-order valence-corrected chi connectivity index (χ2v) is 4.44. The lowest BCUT2D eigenvalue weighted by molar-refractivity contribution is 0.603. The van der Waals surface area contributed by atoms with E-state index in [1.807, 2.05) is 35.9 Å². The number of fused-ring (bicyclic) bond motifs is 1. The molecule has 86 valence electrons. The van der Waals surface area contributed by atoms with Crippen molar-refractivity contribution in [1.82, 2.24) is 14.8 Å². The molecule has 1 aliphatic rings. The van der Waals surface area contributed by atoms with Crippen LogP contribution >= 0.6 is 11.6 Å². The molecule has 1 N–H and O–H groups in total. The monoisotopic (exact) mass is 246 g/mol. The second kappa shape index (κ2) is 3.89. The van der Waals surface area contributed by atoms with Crippen LogP contribution in [0.1, 0.15) is 18.5 Å². The third-order valence-corrected chi connectivity index (χ3v) is 3.02. The first kappa shape index (κ1) is 10.4. The zero-order valence-corrected chi connectivity index (χ0v) is 10.0. The Hall–Kier alpha value is -1.81. The maximum Gasteiger partial charge on any atom is 0.226 e. The van der Waals surface area contributed by atoms with Crippen molar-refractivity contribution in [1.29, 1.82) is 0 Å². The lowest BCUT2D eigenvalue weighted by Crippen LogP contribution is -2.19. The van der Waals surface area contributed by atoms with Crippen LogP contribution in [0.3, 0.4) is 0 Å². The fourth-order valence-corrected chi connectivity index (χ4v) is 2.09. The maximum absolute atomic E-state index is 5.90. The minimum atomic E-state index is 0.0750. The topological polar surface area (TPSA) is 42.7 Å². The summed E-state index contributed by atoms with van der Waals surface area (Å²) in [7, 11) is 0. The van der Waals surface area contributed by atoms with Crippen LogP contribution in [0.2, 0.25) is 5.02 Å². The van der Waals surface area contributed by atoms with Crippen LogP contribution < -0.4 is 5.32 Å². The lowest BCUT2D eigenvalue weighted by atomic mass is 10.1. The smallest absolute Gasteiger partial charge is 0.226 e. The summed E-state index contributed by atoms with van der Waals surface area (Å²) < 4.78 is 1.86. The Bertz CT molecular complexity index is 570. The number of benzene rings is 1. The van der Waals surface area contributed by atoms with Crippen molar-refractivity contribution >= 4 is 17.5 Å². The minimum absolute atomic E-state index is 0.0750. The summed E-state index contributed by atoms with van der Waals surface area (Å²) in [6.45, 7) is 2.01. The number of hydrogen-bond donors (Lipinski definition) is 1. The van der Waals surface area contributed by atoms with Crippen molar-refractivity contribution in [3.63, 3.8) is 0 Å². The van der Waals surface area contributed by atoms with E-state index in [4.69, 9.17) is 11.6 Å². The summed E-state index contributed by atoms with van der Waals surface area (Å²) in [6.07, 6.45) is 3.67. The first-order chi connectivity index (χ1) is 8.24. The van der Waals surface area contributed by atoms with E-state index >= 15 is 0 Å². The molecular weight excluding hydrogens is 236 g/mol. The average molecular weight is 247 g/mol. The van der Waals surface area contributed by atoms with Gasteiger partial charge in [-0.3, -0.25) is 0 Å². The first-order valence-electron chi connectivity index (χ1n) is 5.34. The summed E-state index contributed by atoms with van der Waals surface area (Å²) in [5, 5.41) is 8.15. The number of halogens is 1. The summed E-state index contributed by atoms with van der Waals surface area (Å²) in [5.74, 6) is 0.768. The fraction of sp³-hybridized carbons (Fsp3) is 0.167. The molecule has 1 aromatic carbocycles. The Morgan fingerprint density at radius 1 is 1.29 bits per heavy atom. The van der Waals surface area contributed by atoms with Crippen molar-refractivity contribution in [2.45, 2.75) is 13.0 Å². The van der Waals surface area contributed by atoms with Crippen LogP contribution in [0.4, 0.5) is 5.95 Å². The molecule has 0 bridgehead atoms. The highest BCUT2D eigenvalue weighted by atomic mass is 35.5. The van der Waals surface area contributed by atoms with E-state index in [9.17, 15) is 0 Å². The van der Waals surface area contributed by atoms with Gasteiger partial charge in [-0.05, 0) is 30.7 Å². The van der Waals surface area contributed by atoms with E-state index in [2.05, 4.69) is 21.5 Å². The molecule has 4 nitrogen and oxygen atoms in total. The molecular formula is C12H11ClN4. The quantitative estimate of drug-likeness (QED) is 0.841. The number of allylic oxidation sites excluding steroid dienone is 2. The van der Waals surface area contributed by atoms with E-state index in [-0.39, 0.29) is 6.04 Å². The Morgan fingerprint density at radius 3 is 2.82 bits per heavy atom. The number of rotatable bonds is 1. The molecule has 3 rings (SSSR count). The Kier molecular flexibility index (Phi) is 2.37. The summed E-state index contributed by atoms with van der Waals surface area (Å²) in [6, 6.07) is 7.87. The molecule has 0 radical (unpaired) electrons. The van der Waals surface area contributed by atoms with Gasteiger partial charge < -0.3 is 5.32 Å². The summed E-state index contributed by atoms with van der Waals surface area (Å²) >= 11 is 5.90. The zero-order valence-electron chi connectivity index (χ0n) is 9.26. The molecule has 2 aromatic rings. The molecule has 1 atom stereocenters. The predicted molar refractivity (Wildman–Crippen MR) is 67.0 cm³/mol. The molecule has 0 unspecified atom stereocenters. The molecule has 0 spiro atoms. The maximum atomic E-state index is 5.90. The number of nitrogens with one attached hydrogen (secondary N) is 1. The Labute approximate surface area is 104 Å². The van der Waals surface area contributed by atoms with Gasteiger partial charge in [0.15, 0.2) is 0 Å². The largest absolute Gasteiger partial charge is 0.329 e. The van der Waals surface area contributed by atoms with Gasteiger partial charge in [0, 0.05) is 10.7 Å². The van der Waals surface area contributed by atoms with Gasteiger partial charge in [-0.15, -0.1) is 0 Å². The van der Waals surface area contributed by atoms with Crippen LogP contribution in [-0.2, 0) is 0 Å². The van der Waals surface area contributed by atoms with Crippen molar-refractivity contribution in [3.8, 4) is 0 Å². The SMILES string of the molecule is CC1=C[C@H](c2ccc(Cl)cc2)n2ncnc2N1. The van der Waals surface area contributed by atoms with Gasteiger partial charge in [-0.1, -0.05) is 23.7 Å². The molecule has 2 heterocycles. The molecule has 0 amide bonds. The van der Waals surface area contributed by atoms with Gasteiger partial charge in [0.1, 0.15) is 12.4 Å². The number of anilines is 1. The third-order valence-electron chi connectivity index (χ3n) is 2.76. The van der Waals surface area contributed by atoms with E-state index in [0.717, 1.165) is 22.2 Å². The second-order valence-electron chi connectivity index (χ2n) is 4.00. The van der Waals surface area contributed by atoms with Gasteiger partial charge in [-0.2, -0.15) is 10.1 Å². The molecule has 1 aliphatic heterocycles. The molecule has 17 heavy (non-hydrogen) atoms. The van der Waals surface area contributed by atoms with Crippen LogP contribution in [-0.4, -0.2) is 14.8 Å². The Balaban J connectivity index is 2.07. The lowest BCUT2D eigenvalue weighted by Gasteiger charge is -2.22. The van der Waals surface area contributed by atoms with Gasteiger partial charge >= 0.3 is 0 Å². The van der Waals surface area contributed by atoms with Gasteiger partial charge in [0.25, 0.3) is 0 Å². The molecule has 0 aliphatic carbocycles. The summed E-state index contributed by atoms with van der Waals surface area (Å²) in [5.41, 5.74) is 2.22. The predicted octanol–water partition coefficient (Wildman–Crippen LogP) is 2.85. The molecule has 1 aromatic heterocycles. The van der Waals surface area contributed by atoms with Crippen LogP contribution in [0.15, 0.2) is 42.4 Å². The van der Waals surface area contributed by atoms with Crippen LogP contribution in [0.5, 0.6) is 0 Å². The normalized spacial score (nSPS) is 18.2. The zero-order chi connectivity index (χ0) is 11.8. The molecule has 0 saturated carbocycles. The number of nitrogens with zero attached hydrogens (tertiary/aromatic N) is 3. The van der Waals surface area contributed by atoms with Crippen molar-refractivity contribution in [3.05, 3.63) is 53.0 Å². The average Bonchev–Trinajstić information content (AvgIpc) is 2.77. The van der Waals surface area contributed by atoms with Gasteiger partial charge in [0.2, 0.25) is 5.95 Å². The van der Waals surface area contributed by atoms with E-state index < -0.39 is 0 Å². The number of hydrogen-bond acceptors (Lipinski definition) is 3. The standard InChI is InChI=1S/C12H11ClN4/c1-8-6-11(9-2-4-10(13)5-3-9)17-12(16-8)14-7-15-17/h2-7,11H,1H3,(H,14,15,16)/t11-/m1/s1. The Morgan fingerprint density at radius 2 is 2.06 bits per heavy atom. The van der Waals surface area contributed by atoms with E-state index in [1.54, 1.807) is 6.33 Å². The first-order valence-corrected chi connectivity index (χ1v) is 5.72. The van der Waals surface area contributed by atoms with Gasteiger partial charge in [0.05, 0.1) is 0 Å². The highest BCUT2D eigenvalue weighted by Gasteiger charge is 2.20. The molecule has 5 heteroatoms. The fourth-order valence-electron chi connectivity index (χ4n) is 1.97. The van der Waals surface area contributed by atoms with Crippen molar-refractivity contribution < 1.29 is 0 Å². The van der Waals surface area contributed by atoms with Crippen LogP contribution in [0, 0.1) is 0 Å². The van der Waals surface area contributed by atoms with Crippen LogP contribution in [0.25, 0.3) is 0 Å². The van der Waals surface area contributed by atoms with E-state index in [0.29, 0.717) is 0 Å².